The van der Waals surface area contributed by atoms with E-state index in [0.717, 1.165) is 12.3 Å². The van der Waals surface area contributed by atoms with Crippen molar-refractivity contribution in [2.75, 3.05) is 6.26 Å². The van der Waals surface area contributed by atoms with Gasteiger partial charge in [0.05, 0.1) is 10.5 Å². The van der Waals surface area contributed by atoms with Crippen LogP contribution in [0.15, 0.2) is 47.4 Å². The molecule has 0 saturated heterocycles. The fourth-order valence-electron chi connectivity index (χ4n) is 1.86. The molecule has 0 aromatic heterocycles. The summed E-state index contributed by atoms with van der Waals surface area (Å²) in [7, 11) is -3.37. The second-order valence-corrected chi connectivity index (χ2v) is 6.35. The Morgan fingerprint density at radius 2 is 1.80 bits per heavy atom. The average molecular weight is 292 g/mol. The Bertz CT molecular complexity index is 778. The van der Waals surface area contributed by atoms with Gasteiger partial charge in [0.15, 0.2) is 9.84 Å². The highest BCUT2D eigenvalue weighted by Gasteiger charge is 2.14. The van der Waals surface area contributed by atoms with Gasteiger partial charge in [-0.2, -0.15) is 0 Å². The summed E-state index contributed by atoms with van der Waals surface area (Å²) in [5.74, 6) is -1.36. The highest BCUT2D eigenvalue weighted by atomic mass is 32.2. The molecule has 0 aliphatic rings. The van der Waals surface area contributed by atoms with Crippen LogP contribution in [0.4, 0.5) is 0 Å². The van der Waals surface area contributed by atoms with Crippen molar-refractivity contribution >= 4 is 15.8 Å². The molecular formula is C14H12O5S. The van der Waals surface area contributed by atoms with E-state index in [1.54, 1.807) is 12.1 Å². The van der Waals surface area contributed by atoms with E-state index in [-0.39, 0.29) is 16.2 Å². The second kappa shape index (κ2) is 4.97. The first-order chi connectivity index (χ1) is 9.29. The van der Waals surface area contributed by atoms with Crippen LogP contribution in [0.1, 0.15) is 10.4 Å². The van der Waals surface area contributed by atoms with Gasteiger partial charge in [0, 0.05) is 6.26 Å². The van der Waals surface area contributed by atoms with Crippen molar-refractivity contribution in [2.45, 2.75) is 4.90 Å². The van der Waals surface area contributed by atoms with E-state index in [0.29, 0.717) is 11.1 Å². The molecule has 0 fully saturated rings. The highest BCUT2D eigenvalue weighted by Crippen LogP contribution is 2.28. The lowest BCUT2D eigenvalue weighted by Gasteiger charge is -2.08. The molecule has 0 spiro atoms. The molecule has 5 nitrogen and oxygen atoms in total. The number of hydrogen-bond donors (Lipinski definition) is 2. The molecule has 0 aliphatic heterocycles. The first kappa shape index (κ1) is 14.1. The molecular weight excluding hydrogens is 280 g/mol. The summed E-state index contributed by atoms with van der Waals surface area (Å²) in [6.45, 7) is 0. The van der Waals surface area contributed by atoms with E-state index < -0.39 is 15.8 Å². The minimum Gasteiger partial charge on any atom is -0.508 e. The molecule has 2 rings (SSSR count). The van der Waals surface area contributed by atoms with Crippen molar-refractivity contribution in [1.82, 2.24) is 0 Å². The average Bonchev–Trinajstić information content (AvgIpc) is 2.37. The Labute approximate surface area is 116 Å². The number of benzene rings is 2. The number of carboxylic acid groups (broad SMARTS) is 1. The Hall–Kier alpha value is -2.34. The van der Waals surface area contributed by atoms with Crippen molar-refractivity contribution in [3.63, 3.8) is 0 Å². The Kier molecular flexibility index (Phi) is 3.50. The zero-order valence-electron chi connectivity index (χ0n) is 10.6. The summed E-state index contributed by atoms with van der Waals surface area (Å²) < 4.78 is 23.1. The maximum atomic E-state index is 11.5. The zero-order valence-corrected chi connectivity index (χ0v) is 11.4. The molecule has 2 aromatic carbocycles. The van der Waals surface area contributed by atoms with Gasteiger partial charge >= 0.3 is 5.97 Å². The Morgan fingerprint density at radius 1 is 1.10 bits per heavy atom. The lowest BCUT2D eigenvalue weighted by molar-refractivity contribution is 0.0697. The number of carbonyl (C=O) groups is 1. The number of aromatic carboxylic acids is 1. The third-order valence-electron chi connectivity index (χ3n) is 2.81. The van der Waals surface area contributed by atoms with Crippen LogP contribution in [0.5, 0.6) is 5.75 Å². The monoisotopic (exact) mass is 292 g/mol. The number of phenols is 1. The summed E-state index contributed by atoms with van der Waals surface area (Å²) in [5, 5.41) is 18.5. The van der Waals surface area contributed by atoms with E-state index in [1.165, 1.54) is 24.3 Å². The van der Waals surface area contributed by atoms with Crippen LogP contribution in [0.25, 0.3) is 11.1 Å². The van der Waals surface area contributed by atoms with E-state index in [4.69, 9.17) is 5.11 Å². The number of sulfone groups is 1. The minimum atomic E-state index is -3.37. The maximum absolute atomic E-state index is 11.5. The van der Waals surface area contributed by atoms with Crippen molar-refractivity contribution < 1.29 is 23.4 Å². The van der Waals surface area contributed by atoms with E-state index in [9.17, 15) is 18.3 Å². The normalized spacial score (nSPS) is 11.2. The van der Waals surface area contributed by atoms with Crippen molar-refractivity contribution in [3.05, 3.63) is 48.0 Å². The van der Waals surface area contributed by atoms with Gasteiger partial charge in [-0.05, 0) is 41.5 Å². The van der Waals surface area contributed by atoms with Crippen LogP contribution in [-0.4, -0.2) is 30.9 Å². The predicted molar refractivity (Wildman–Crippen MR) is 73.6 cm³/mol. The number of rotatable bonds is 3. The van der Waals surface area contributed by atoms with Gasteiger partial charge in [-0.15, -0.1) is 0 Å². The van der Waals surface area contributed by atoms with E-state index in [2.05, 4.69) is 0 Å². The first-order valence-electron chi connectivity index (χ1n) is 5.66. The lowest BCUT2D eigenvalue weighted by Crippen LogP contribution is -2.01. The number of hydrogen-bond acceptors (Lipinski definition) is 4. The number of aromatic hydroxyl groups is 1. The smallest absolute Gasteiger partial charge is 0.336 e. The van der Waals surface area contributed by atoms with Gasteiger partial charge in [0.1, 0.15) is 5.75 Å². The fourth-order valence-corrected chi connectivity index (χ4v) is 2.52. The quantitative estimate of drug-likeness (QED) is 0.904. The van der Waals surface area contributed by atoms with Crippen LogP contribution in [-0.2, 0) is 9.84 Å². The minimum absolute atomic E-state index is 0.0874. The molecule has 0 unspecified atom stereocenters. The molecule has 104 valence electrons. The molecule has 6 heteroatoms. The summed E-state index contributed by atoms with van der Waals surface area (Å²) in [6.07, 6.45) is 1.08. The predicted octanol–water partition coefficient (Wildman–Crippen LogP) is 2.16. The summed E-state index contributed by atoms with van der Waals surface area (Å²) in [4.78, 5) is 11.3. The van der Waals surface area contributed by atoms with Gasteiger partial charge in [0.25, 0.3) is 0 Å². The van der Waals surface area contributed by atoms with Crippen molar-refractivity contribution in [3.8, 4) is 16.9 Å². The molecule has 20 heavy (non-hydrogen) atoms. The van der Waals surface area contributed by atoms with Gasteiger partial charge in [0.2, 0.25) is 0 Å². The molecule has 0 atom stereocenters. The second-order valence-electron chi connectivity index (χ2n) is 4.34. The third-order valence-corrected chi connectivity index (χ3v) is 3.92. The van der Waals surface area contributed by atoms with Crippen molar-refractivity contribution in [1.29, 1.82) is 0 Å². The number of phenolic OH excluding ortho intramolecular Hbond substituents is 1. The Morgan fingerprint density at radius 3 is 2.40 bits per heavy atom. The van der Waals surface area contributed by atoms with Crippen LogP contribution in [0.3, 0.4) is 0 Å². The SMILES string of the molecule is CS(=O)(=O)c1cccc(-c2ccc(O)cc2C(=O)O)c1. The summed E-state index contributed by atoms with van der Waals surface area (Å²) in [6, 6.07) is 9.95. The van der Waals surface area contributed by atoms with Crippen LogP contribution < -0.4 is 0 Å². The topological polar surface area (TPSA) is 91.7 Å². The standard InChI is InChI=1S/C14H12O5S/c1-20(18,19)11-4-2-3-9(7-11)12-6-5-10(15)8-13(12)14(16)17/h2-8,15H,1H3,(H,16,17). The molecule has 0 radical (unpaired) electrons. The molecule has 0 aliphatic carbocycles. The molecule has 0 amide bonds. The van der Waals surface area contributed by atoms with Crippen molar-refractivity contribution in [2.24, 2.45) is 0 Å². The van der Waals surface area contributed by atoms with Gasteiger partial charge in [-0.25, -0.2) is 13.2 Å². The van der Waals surface area contributed by atoms with Crippen LogP contribution in [0.2, 0.25) is 0 Å². The maximum Gasteiger partial charge on any atom is 0.336 e. The zero-order chi connectivity index (χ0) is 14.9. The Balaban J connectivity index is 2.66. The highest BCUT2D eigenvalue weighted by molar-refractivity contribution is 7.90. The fraction of sp³-hybridized carbons (Fsp3) is 0.0714. The van der Waals surface area contributed by atoms with Crippen LogP contribution in [0, 0.1) is 0 Å². The number of carboxylic acids is 1. The molecule has 0 saturated carbocycles. The summed E-state index contributed by atoms with van der Waals surface area (Å²) >= 11 is 0. The molecule has 2 N–H and O–H groups in total. The molecule has 0 heterocycles. The molecule has 2 aromatic rings. The van der Waals surface area contributed by atoms with E-state index in [1.807, 2.05) is 0 Å². The van der Waals surface area contributed by atoms with Crippen LogP contribution >= 0.6 is 0 Å². The molecule has 0 bridgehead atoms. The lowest BCUT2D eigenvalue weighted by atomic mass is 9.99. The van der Waals surface area contributed by atoms with Gasteiger partial charge < -0.3 is 10.2 Å². The summed E-state index contributed by atoms with van der Waals surface area (Å²) in [5.41, 5.74) is 0.724. The first-order valence-corrected chi connectivity index (χ1v) is 7.55. The van der Waals surface area contributed by atoms with Gasteiger partial charge in [-0.3, -0.25) is 0 Å². The van der Waals surface area contributed by atoms with E-state index >= 15 is 0 Å². The largest absolute Gasteiger partial charge is 0.508 e. The third kappa shape index (κ3) is 2.80. The van der Waals surface area contributed by atoms with Gasteiger partial charge in [-0.1, -0.05) is 12.1 Å².